The molecule has 1 rings (SSSR count). The zero-order chi connectivity index (χ0) is 10.6. The Morgan fingerprint density at radius 2 is 1.14 bits per heavy atom. The maximum atomic E-state index is 11.4. The van der Waals surface area contributed by atoms with Gasteiger partial charge in [0.25, 0.3) is 0 Å². The molecule has 0 bridgehead atoms. The summed E-state index contributed by atoms with van der Waals surface area (Å²) < 4.78 is 0. The molecule has 0 aromatic heterocycles. The molecule has 0 amide bonds. The Balaban J connectivity index is 2.38. The highest BCUT2D eigenvalue weighted by molar-refractivity contribution is 5.83. The molecular formula is C12H20O2. The molecule has 1 fully saturated rings. The van der Waals surface area contributed by atoms with E-state index in [1.54, 1.807) is 0 Å². The molecule has 1 aliphatic carbocycles. The lowest BCUT2D eigenvalue weighted by atomic mass is 9.77. The van der Waals surface area contributed by atoms with Gasteiger partial charge in [0.15, 0.2) is 0 Å². The Morgan fingerprint density at radius 1 is 0.857 bits per heavy atom. The van der Waals surface area contributed by atoms with Crippen LogP contribution in [0.1, 0.15) is 52.4 Å². The number of ketones is 2. The fraction of sp³-hybridized carbons (Fsp3) is 0.833. The molecule has 1 saturated carbocycles. The van der Waals surface area contributed by atoms with E-state index in [0.29, 0.717) is 24.4 Å². The first kappa shape index (κ1) is 11.4. The second kappa shape index (κ2) is 5.28. The second-order valence-corrected chi connectivity index (χ2v) is 4.19. The van der Waals surface area contributed by atoms with Gasteiger partial charge < -0.3 is 0 Å². The molecule has 0 spiro atoms. The van der Waals surface area contributed by atoms with E-state index in [1.807, 2.05) is 13.8 Å². The number of Topliss-reactive ketones (excluding diaryl/α,β-unsaturated/α-hetero) is 2. The molecule has 0 aliphatic heterocycles. The molecule has 0 N–H and O–H groups in total. The second-order valence-electron chi connectivity index (χ2n) is 4.19. The van der Waals surface area contributed by atoms with Crippen molar-refractivity contribution in [1.29, 1.82) is 0 Å². The average molecular weight is 196 g/mol. The summed E-state index contributed by atoms with van der Waals surface area (Å²) >= 11 is 0. The van der Waals surface area contributed by atoms with Crippen LogP contribution in [0.2, 0.25) is 0 Å². The molecule has 0 saturated heterocycles. The monoisotopic (exact) mass is 196 g/mol. The van der Waals surface area contributed by atoms with Crippen molar-refractivity contribution in [3.63, 3.8) is 0 Å². The standard InChI is InChI=1S/C12H20O2/c1-3-11(13)9-5-7-10(8-6-9)12(14)4-2/h9-10H,3-8H2,1-2H3. The molecule has 1 aliphatic rings. The normalized spacial score (nSPS) is 27.3. The van der Waals surface area contributed by atoms with Gasteiger partial charge in [0.05, 0.1) is 0 Å². The van der Waals surface area contributed by atoms with Crippen molar-refractivity contribution >= 4 is 11.6 Å². The van der Waals surface area contributed by atoms with Crippen LogP contribution < -0.4 is 0 Å². The maximum Gasteiger partial charge on any atom is 0.135 e. The van der Waals surface area contributed by atoms with Crippen molar-refractivity contribution in [3.05, 3.63) is 0 Å². The topological polar surface area (TPSA) is 34.1 Å². The molecular weight excluding hydrogens is 176 g/mol. The fourth-order valence-electron chi connectivity index (χ4n) is 2.31. The van der Waals surface area contributed by atoms with Gasteiger partial charge in [-0.25, -0.2) is 0 Å². The quantitative estimate of drug-likeness (QED) is 0.692. The third-order valence-corrected chi connectivity index (χ3v) is 3.33. The van der Waals surface area contributed by atoms with Gasteiger partial charge in [-0.1, -0.05) is 13.8 Å². The zero-order valence-electron chi connectivity index (χ0n) is 9.21. The van der Waals surface area contributed by atoms with Gasteiger partial charge in [0, 0.05) is 24.7 Å². The van der Waals surface area contributed by atoms with Gasteiger partial charge in [-0.15, -0.1) is 0 Å². The van der Waals surface area contributed by atoms with Crippen molar-refractivity contribution in [2.75, 3.05) is 0 Å². The van der Waals surface area contributed by atoms with E-state index in [1.165, 1.54) is 0 Å². The number of carbonyl (C=O) groups is 2. The SMILES string of the molecule is CCC(=O)C1CCC(C(=O)CC)CC1. The van der Waals surface area contributed by atoms with Gasteiger partial charge in [0.1, 0.15) is 11.6 Å². The Labute approximate surface area is 86.1 Å². The minimum absolute atomic E-state index is 0.251. The third-order valence-electron chi connectivity index (χ3n) is 3.33. The van der Waals surface area contributed by atoms with Crippen LogP contribution in [0.15, 0.2) is 0 Å². The summed E-state index contributed by atoms with van der Waals surface area (Å²) in [5, 5.41) is 0. The Bertz CT molecular complexity index is 188. The first-order valence-corrected chi connectivity index (χ1v) is 5.74. The Morgan fingerprint density at radius 3 is 1.36 bits per heavy atom. The van der Waals surface area contributed by atoms with Gasteiger partial charge in [-0.3, -0.25) is 9.59 Å². The lowest BCUT2D eigenvalue weighted by molar-refractivity contribution is -0.127. The molecule has 0 aromatic carbocycles. The van der Waals surface area contributed by atoms with Gasteiger partial charge >= 0.3 is 0 Å². The van der Waals surface area contributed by atoms with E-state index in [9.17, 15) is 9.59 Å². The van der Waals surface area contributed by atoms with E-state index in [4.69, 9.17) is 0 Å². The largest absolute Gasteiger partial charge is 0.299 e. The van der Waals surface area contributed by atoms with Crippen molar-refractivity contribution in [2.45, 2.75) is 52.4 Å². The summed E-state index contributed by atoms with van der Waals surface area (Å²) in [5.41, 5.74) is 0. The van der Waals surface area contributed by atoms with Crippen LogP contribution in [0.4, 0.5) is 0 Å². The summed E-state index contributed by atoms with van der Waals surface area (Å²) in [6.45, 7) is 3.84. The number of hydrogen-bond acceptors (Lipinski definition) is 2. The van der Waals surface area contributed by atoms with Crippen LogP contribution in [0.5, 0.6) is 0 Å². The lowest BCUT2D eigenvalue weighted by Crippen LogP contribution is -2.25. The molecule has 0 unspecified atom stereocenters. The minimum Gasteiger partial charge on any atom is -0.299 e. The van der Waals surface area contributed by atoms with E-state index in [-0.39, 0.29) is 11.8 Å². The van der Waals surface area contributed by atoms with Crippen LogP contribution in [0.3, 0.4) is 0 Å². The van der Waals surface area contributed by atoms with Crippen molar-refractivity contribution in [3.8, 4) is 0 Å². The molecule has 2 nitrogen and oxygen atoms in total. The maximum absolute atomic E-state index is 11.4. The molecule has 0 heterocycles. The average Bonchev–Trinajstić information content (AvgIpc) is 2.27. The third kappa shape index (κ3) is 2.66. The van der Waals surface area contributed by atoms with Crippen LogP contribution >= 0.6 is 0 Å². The number of carbonyl (C=O) groups excluding carboxylic acids is 2. The number of hydrogen-bond donors (Lipinski definition) is 0. The summed E-state index contributed by atoms with van der Waals surface area (Å²) in [6.07, 6.45) is 5.03. The fourth-order valence-corrected chi connectivity index (χ4v) is 2.31. The predicted octanol–water partition coefficient (Wildman–Crippen LogP) is 2.75. The Hall–Kier alpha value is -0.660. The highest BCUT2D eigenvalue weighted by Crippen LogP contribution is 2.30. The van der Waals surface area contributed by atoms with E-state index in [2.05, 4.69) is 0 Å². The van der Waals surface area contributed by atoms with Crippen molar-refractivity contribution < 1.29 is 9.59 Å². The predicted molar refractivity (Wildman–Crippen MR) is 56.0 cm³/mol. The van der Waals surface area contributed by atoms with E-state index < -0.39 is 0 Å². The lowest BCUT2D eigenvalue weighted by Gasteiger charge is -2.26. The first-order chi connectivity index (χ1) is 6.69. The molecule has 2 heteroatoms. The van der Waals surface area contributed by atoms with E-state index >= 15 is 0 Å². The Kier molecular flexibility index (Phi) is 4.30. The van der Waals surface area contributed by atoms with Crippen LogP contribution in [-0.4, -0.2) is 11.6 Å². The molecule has 0 atom stereocenters. The van der Waals surface area contributed by atoms with Crippen LogP contribution in [-0.2, 0) is 9.59 Å². The van der Waals surface area contributed by atoms with Crippen molar-refractivity contribution in [2.24, 2.45) is 11.8 Å². The molecule has 0 aromatic rings. The summed E-state index contributed by atoms with van der Waals surface area (Å²) in [5.74, 6) is 1.27. The minimum atomic E-state index is 0.251. The van der Waals surface area contributed by atoms with Crippen LogP contribution in [0, 0.1) is 11.8 Å². The zero-order valence-corrected chi connectivity index (χ0v) is 9.21. The summed E-state index contributed by atoms with van der Waals surface area (Å²) in [4.78, 5) is 22.9. The highest BCUT2D eigenvalue weighted by Gasteiger charge is 2.27. The van der Waals surface area contributed by atoms with Crippen molar-refractivity contribution in [1.82, 2.24) is 0 Å². The smallest absolute Gasteiger partial charge is 0.135 e. The number of rotatable bonds is 4. The van der Waals surface area contributed by atoms with Gasteiger partial charge in [-0.2, -0.15) is 0 Å². The van der Waals surface area contributed by atoms with Gasteiger partial charge in [-0.05, 0) is 25.7 Å². The van der Waals surface area contributed by atoms with Crippen LogP contribution in [0.25, 0.3) is 0 Å². The van der Waals surface area contributed by atoms with E-state index in [0.717, 1.165) is 25.7 Å². The summed E-state index contributed by atoms with van der Waals surface area (Å²) in [7, 11) is 0. The first-order valence-electron chi connectivity index (χ1n) is 5.74. The highest BCUT2D eigenvalue weighted by atomic mass is 16.1. The van der Waals surface area contributed by atoms with Gasteiger partial charge in [0.2, 0.25) is 0 Å². The molecule has 14 heavy (non-hydrogen) atoms. The summed E-state index contributed by atoms with van der Waals surface area (Å²) in [6, 6.07) is 0. The molecule has 0 radical (unpaired) electrons. The molecule has 80 valence electrons.